The second-order valence-corrected chi connectivity index (χ2v) is 7.69. The number of hydrogen-bond acceptors (Lipinski definition) is 6. The molecule has 29 heavy (non-hydrogen) atoms. The SMILES string of the molecule is Cc1ccc(-c2ccc(C=NN3C(=O)C4C5C=CC(C5)C4C3=O)o2)cc1[N+](=O)[O-]. The lowest BCUT2D eigenvalue weighted by Crippen LogP contribution is -2.28. The molecule has 8 heteroatoms. The third-order valence-corrected chi connectivity index (χ3v) is 6.06. The number of aryl methyl sites for hydroxylation is 1. The van der Waals surface area contributed by atoms with Gasteiger partial charge in [-0.2, -0.15) is 10.1 Å². The minimum absolute atomic E-state index is 0.0113. The van der Waals surface area contributed by atoms with Crippen molar-refractivity contribution in [3.8, 4) is 11.3 Å². The van der Waals surface area contributed by atoms with Gasteiger partial charge >= 0.3 is 0 Å². The van der Waals surface area contributed by atoms with Crippen LogP contribution in [0.1, 0.15) is 17.7 Å². The van der Waals surface area contributed by atoms with Crippen molar-refractivity contribution >= 4 is 23.7 Å². The van der Waals surface area contributed by atoms with Gasteiger partial charge in [0, 0.05) is 17.2 Å². The number of hydrazone groups is 1. The van der Waals surface area contributed by atoms with Crippen LogP contribution in [-0.2, 0) is 9.59 Å². The van der Waals surface area contributed by atoms with Crippen molar-refractivity contribution in [3.05, 3.63) is 63.9 Å². The fraction of sp³-hybridized carbons (Fsp3) is 0.286. The average Bonchev–Trinajstić information content (AvgIpc) is 3.46. The molecule has 1 saturated heterocycles. The van der Waals surface area contributed by atoms with E-state index in [1.54, 1.807) is 31.2 Å². The van der Waals surface area contributed by atoms with E-state index in [1.807, 2.05) is 12.2 Å². The number of fused-ring (bicyclic) bond motifs is 5. The zero-order chi connectivity index (χ0) is 20.3. The Morgan fingerprint density at radius 2 is 1.83 bits per heavy atom. The Morgan fingerprint density at radius 1 is 1.14 bits per heavy atom. The first-order chi connectivity index (χ1) is 13.9. The Hall–Kier alpha value is -3.55. The number of furan rings is 1. The summed E-state index contributed by atoms with van der Waals surface area (Å²) < 4.78 is 5.69. The molecule has 0 spiro atoms. The molecule has 2 aromatic rings. The molecule has 1 aliphatic heterocycles. The summed E-state index contributed by atoms with van der Waals surface area (Å²) in [5, 5.41) is 16.2. The normalized spacial score (nSPS) is 27.4. The number of carbonyl (C=O) groups is 2. The molecule has 2 aliphatic carbocycles. The molecule has 2 amide bonds. The predicted octanol–water partition coefficient (Wildman–Crippen LogP) is 3.30. The zero-order valence-corrected chi connectivity index (χ0v) is 15.5. The van der Waals surface area contributed by atoms with Crippen LogP contribution in [0.2, 0.25) is 0 Å². The average molecular weight is 391 g/mol. The fourth-order valence-electron chi connectivity index (χ4n) is 4.65. The van der Waals surface area contributed by atoms with Crippen LogP contribution in [0, 0.1) is 40.7 Å². The van der Waals surface area contributed by atoms with Crippen molar-refractivity contribution in [3.63, 3.8) is 0 Å². The molecule has 2 bridgehead atoms. The summed E-state index contributed by atoms with van der Waals surface area (Å²) in [6, 6.07) is 8.16. The van der Waals surface area contributed by atoms with Crippen LogP contribution in [0.3, 0.4) is 0 Å². The zero-order valence-electron chi connectivity index (χ0n) is 15.5. The summed E-state index contributed by atoms with van der Waals surface area (Å²) in [5.74, 6) is -0.0500. The first-order valence-electron chi connectivity index (χ1n) is 9.39. The highest BCUT2D eigenvalue weighted by atomic mass is 16.6. The van der Waals surface area contributed by atoms with Gasteiger partial charge in [0.05, 0.1) is 23.0 Å². The molecule has 0 N–H and O–H groups in total. The summed E-state index contributed by atoms with van der Waals surface area (Å²) in [5.41, 5.74) is 1.14. The van der Waals surface area contributed by atoms with Crippen molar-refractivity contribution in [1.29, 1.82) is 0 Å². The number of imide groups is 1. The lowest BCUT2D eigenvalue weighted by Gasteiger charge is -2.13. The maximum Gasteiger partial charge on any atom is 0.273 e. The molecule has 1 aromatic carbocycles. The Kier molecular flexibility index (Phi) is 3.77. The maximum absolute atomic E-state index is 12.6. The lowest BCUT2D eigenvalue weighted by molar-refractivity contribution is -0.385. The first-order valence-corrected chi connectivity index (χ1v) is 9.39. The van der Waals surface area contributed by atoms with Gasteiger partial charge in [0.25, 0.3) is 17.5 Å². The van der Waals surface area contributed by atoms with E-state index >= 15 is 0 Å². The highest BCUT2D eigenvalue weighted by Crippen LogP contribution is 2.52. The predicted molar refractivity (Wildman–Crippen MR) is 103 cm³/mol. The highest BCUT2D eigenvalue weighted by molar-refractivity contribution is 6.06. The molecule has 0 radical (unpaired) electrons. The molecule has 8 nitrogen and oxygen atoms in total. The number of nitro groups is 1. The minimum Gasteiger partial charge on any atom is -0.455 e. The molecule has 146 valence electrons. The Labute approximate surface area is 165 Å². The fourth-order valence-corrected chi connectivity index (χ4v) is 4.65. The smallest absolute Gasteiger partial charge is 0.273 e. The summed E-state index contributed by atoms with van der Waals surface area (Å²) >= 11 is 0. The van der Waals surface area contributed by atoms with E-state index in [4.69, 9.17) is 4.42 Å². The van der Waals surface area contributed by atoms with Gasteiger partial charge < -0.3 is 4.42 Å². The Morgan fingerprint density at radius 3 is 2.48 bits per heavy atom. The number of amides is 2. The number of allylic oxidation sites excluding steroid dienone is 2. The Bertz CT molecular complexity index is 1090. The molecule has 5 rings (SSSR count). The molecular formula is C21H17N3O5. The molecular weight excluding hydrogens is 374 g/mol. The number of nitrogens with zero attached hydrogens (tertiary/aromatic N) is 3. The van der Waals surface area contributed by atoms with Crippen LogP contribution in [0.4, 0.5) is 5.69 Å². The van der Waals surface area contributed by atoms with Gasteiger partial charge in [0.1, 0.15) is 11.5 Å². The summed E-state index contributed by atoms with van der Waals surface area (Å²) in [7, 11) is 0. The van der Waals surface area contributed by atoms with E-state index in [-0.39, 0.29) is 41.2 Å². The summed E-state index contributed by atoms with van der Waals surface area (Å²) in [4.78, 5) is 36.0. The van der Waals surface area contributed by atoms with Crippen LogP contribution in [-0.4, -0.2) is 28.0 Å². The number of carbonyl (C=O) groups excluding carboxylic acids is 2. The third-order valence-electron chi connectivity index (χ3n) is 6.06. The number of rotatable bonds is 4. The molecule has 1 aromatic heterocycles. The van der Waals surface area contributed by atoms with Crippen molar-refractivity contribution < 1.29 is 18.9 Å². The van der Waals surface area contributed by atoms with E-state index in [0.29, 0.717) is 22.6 Å². The van der Waals surface area contributed by atoms with E-state index in [2.05, 4.69) is 5.10 Å². The monoisotopic (exact) mass is 391 g/mol. The number of nitro benzene ring substituents is 1. The van der Waals surface area contributed by atoms with Crippen molar-refractivity contribution in [1.82, 2.24) is 5.01 Å². The molecule has 2 fully saturated rings. The van der Waals surface area contributed by atoms with Gasteiger partial charge in [-0.15, -0.1) is 0 Å². The largest absolute Gasteiger partial charge is 0.455 e. The van der Waals surface area contributed by atoms with Gasteiger partial charge in [-0.1, -0.05) is 24.3 Å². The van der Waals surface area contributed by atoms with Gasteiger partial charge in [0.15, 0.2) is 0 Å². The van der Waals surface area contributed by atoms with E-state index in [1.165, 1.54) is 12.3 Å². The van der Waals surface area contributed by atoms with Crippen LogP contribution in [0.5, 0.6) is 0 Å². The van der Waals surface area contributed by atoms with Crippen LogP contribution >= 0.6 is 0 Å². The second-order valence-electron chi connectivity index (χ2n) is 7.69. The summed E-state index contributed by atoms with van der Waals surface area (Å²) in [6.07, 6.45) is 6.26. The molecule has 1 saturated carbocycles. The van der Waals surface area contributed by atoms with E-state index < -0.39 is 4.92 Å². The third kappa shape index (κ3) is 2.63. The van der Waals surface area contributed by atoms with Crippen molar-refractivity contribution in [2.24, 2.45) is 28.8 Å². The number of benzene rings is 1. The number of hydrogen-bond donors (Lipinski definition) is 0. The minimum atomic E-state index is -0.437. The van der Waals surface area contributed by atoms with E-state index in [9.17, 15) is 19.7 Å². The molecule has 3 aliphatic rings. The van der Waals surface area contributed by atoms with Gasteiger partial charge in [-0.3, -0.25) is 19.7 Å². The molecule has 4 unspecified atom stereocenters. The van der Waals surface area contributed by atoms with Crippen molar-refractivity contribution in [2.45, 2.75) is 13.3 Å². The Balaban J connectivity index is 1.37. The van der Waals surface area contributed by atoms with Gasteiger partial charge in [-0.25, -0.2) is 0 Å². The molecule has 4 atom stereocenters. The molecule has 2 heterocycles. The van der Waals surface area contributed by atoms with Crippen LogP contribution in [0.15, 0.2) is 52.0 Å². The van der Waals surface area contributed by atoms with Crippen LogP contribution in [0.25, 0.3) is 11.3 Å². The van der Waals surface area contributed by atoms with Gasteiger partial charge in [0.2, 0.25) is 0 Å². The van der Waals surface area contributed by atoms with E-state index in [0.717, 1.165) is 11.4 Å². The first kappa shape index (κ1) is 17.5. The maximum atomic E-state index is 12.6. The topological polar surface area (TPSA) is 106 Å². The van der Waals surface area contributed by atoms with Gasteiger partial charge in [-0.05, 0) is 37.3 Å². The lowest BCUT2D eigenvalue weighted by atomic mass is 9.85. The standard InChI is InChI=1S/C21H17N3O5/c1-11-2-3-12(9-16(11)24(27)28)17-7-6-15(29-17)10-22-23-20(25)18-13-4-5-14(8-13)19(18)21(23)26/h2-7,9-10,13-14,18-19H,8H2,1H3. The van der Waals surface area contributed by atoms with Crippen molar-refractivity contribution in [2.75, 3.05) is 0 Å². The second kappa shape index (κ2) is 6.23. The van der Waals surface area contributed by atoms with Crippen LogP contribution < -0.4 is 0 Å². The highest BCUT2D eigenvalue weighted by Gasteiger charge is 2.59. The quantitative estimate of drug-likeness (QED) is 0.261. The summed E-state index contributed by atoms with van der Waals surface area (Å²) in [6.45, 7) is 1.67.